The third-order valence-corrected chi connectivity index (χ3v) is 3.50. The lowest BCUT2D eigenvalue weighted by atomic mass is 10.1. The summed E-state index contributed by atoms with van der Waals surface area (Å²) in [5.41, 5.74) is 1.11. The maximum atomic E-state index is 13.3. The molecule has 0 heterocycles. The number of carbonyl (C=O) groups is 1. The molecule has 0 fully saturated rings. The van der Waals surface area contributed by atoms with E-state index in [9.17, 15) is 9.18 Å². The van der Waals surface area contributed by atoms with E-state index in [1.165, 1.54) is 17.0 Å². The first-order valence-corrected chi connectivity index (χ1v) is 7.25. The van der Waals surface area contributed by atoms with E-state index in [-0.39, 0.29) is 5.91 Å². The second kappa shape index (κ2) is 7.27. The molecule has 0 saturated heterocycles. The summed E-state index contributed by atoms with van der Waals surface area (Å²) in [4.78, 5) is 13.8. The van der Waals surface area contributed by atoms with Crippen LogP contribution in [-0.2, 0) is 0 Å². The molecular formula is C17H17ClFNO2. The van der Waals surface area contributed by atoms with Crippen LogP contribution in [0.3, 0.4) is 0 Å². The molecule has 0 atom stereocenters. The van der Waals surface area contributed by atoms with Crippen molar-refractivity contribution < 1.29 is 13.9 Å². The van der Waals surface area contributed by atoms with Gasteiger partial charge >= 0.3 is 0 Å². The van der Waals surface area contributed by atoms with Crippen molar-refractivity contribution in [2.45, 2.75) is 6.92 Å². The molecule has 0 bridgehead atoms. The van der Waals surface area contributed by atoms with E-state index in [1.54, 1.807) is 44.3 Å². The number of halogens is 2. The molecule has 116 valence electrons. The van der Waals surface area contributed by atoms with Crippen LogP contribution in [0.25, 0.3) is 0 Å². The number of ether oxygens (including phenoxy) is 1. The van der Waals surface area contributed by atoms with Crippen LogP contribution in [0, 0.1) is 12.7 Å². The van der Waals surface area contributed by atoms with Crippen LogP contribution in [0.5, 0.6) is 5.75 Å². The zero-order valence-electron chi connectivity index (χ0n) is 12.5. The Morgan fingerprint density at radius 1 is 1.27 bits per heavy atom. The Hall–Kier alpha value is -2.07. The Labute approximate surface area is 134 Å². The highest BCUT2D eigenvalue weighted by Crippen LogP contribution is 2.17. The highest BCUT2D eigenvalue weighted by Gasteiger charge is 2.14. The average Bonchev–Trinajstić information content (AvgIpc) is 2.49. The van der Waals surface area contributed by atoms with Gasteiger partial charge in [0.05, 0.1) is 6.54 Å². The molecule has 0 aliphatic heterocycles. The van der Waals surface area contributed by atoms with Gasteiger partial charge in [0.15, 0.2) is 0 Å². The minimum atomic E-state index is -0.419. The van der Waals surface area contributed by atoms with Crippen molar-refractivity contribution in [2.75, 3.05) is 20.2 Å². The van der Waals surface area contributed by atoms with Crippen LogP contribution in [0.2, 0.25) is 5.02 Å². The van der Waals surface area contributed by atoms with Gasteiger partial charge in [-0.2, -0.15) is 0 Å². The zero-order valence-corrected chi connectivity index (χ0v) is 13.2. The molecule has 2 aromatic rings. The molecule has 0 spiro atoms. The maximum absolute atomic E-state index is 13.3. The SMILES string of the molecule is Cc1ccc(F)cc1C(=O)N(C)CCOc1cccc(Cl)c1. The Morgan fingerprint density at radius 3 is 2.77 bits per heavy atom. The molecular weight excluding hydrogens is 305 g/mol. The summed E-state index contributed by atoms with van der Waals surface area (Å²) < 4.78 is 18.8. The molecule has 0 aliphatic carbocycles. The lowest BCUT2D eigenvalue weighted by Crippen LogP contribution is -2.31. The Balaban J connectivity index is 1.93. The number of rotatable bonds is 5. The van der Waals surface area contributed by atoms with Crippen molar-refractivity contribution >= 4 is 17.5 Å². The lowest BCUT2D eigenvalue weighted by Gasteiger charge is -2.18. The number of likely N-dealkylation sites (N-methyl/N-ethyl adjacent to an activating group) is 1. The van der Waals surface area contributed by atoms with E-state index in [0.717, 1.165) is 5.56 Å². The van der Waals surface area contributed by atoms with Gasteiger partial charge in [0.1, 0.15) is 18.2 Å². The second-order valence-electron chi connectivity index (χ2n) is 4.99. The average molecular weight is 322 g/mol. The molecule has 0 unspecified atom stereocenters. The molecule has 3 nitrogen and oxygen atoms in total. The first-order valence-electron chi connectivity index (χ1n) is 6.87. The molecule has 5 heteroatoms. The molecule has 0 radical (unpaired) electrons. The van der Waals surface area contributed by atoms with Crippen molar-refractivity contribution in [1.29, 1.82) is 0 Å². The fourth-order valence-corrected chi connectivity index (χ4v) is 2.17. The summed E-state index contributed by atoms with van der Waals surface area (Å²) in [5, 5.41) is 0.595. The highest BCUT2D eigenvalue weighted by atomic mass is 35.5. The molecule has 2 aromatic carbocycles. The molecule has 0 N–H and O–H groups in total. The molecule has 0 aromatic heterocycles. The van der Waals surface area contributed by atoms with Gasteiger partial charge in [0, 0.05) is 17.6 Å². The van der Waals surface area contributed by atoms with Crippen molar-refractivity contribution in [3.05, 3.63) is 64.4 Å². The number of aryl methyl sites for hydroxylation is 1. The van der Waals surface area contributed by atoms with E-state index in [2.05, 4.69) is 0 Å². The van der Waals surface area contributed by atoms with Gasteiger partial charge in [-0.15, -0.1) is 0 Å². The third-order valence-electron chi connectivity index (χ3n) is 3.27. The van der Waals surface area contributed by atoms with E-state index in [0.29, 0.717) is 29.5 Å². The summed E-state index contributed by atoms with van der Waals surface area (Å²) in [6.45, 7) is 2.50. The van der Waals surface area contributed by atoms with Gasteiger partial charge in [-0.1, -0.05) is 23.7 Å². The zero-order chi connectivity index (χ0) is 16.1. The van der Waals surface area contributed by atoms with Crippen LogP contribution < -0.4 is 4.74 Å². The second-order valence-corrected chi connectivity index (χ2v) is 5.43. The minimum absolute atomic E-state index is 0.230. The minimum Gasteiger partial charge on any atom is -0.492 e. The van der Waals surface area contributed by atoms with Gasteiger partial charge in [-0.25, -0.2) is 4.39 Å². The van der Waals surface area contributed by atoms with Crippen LogP contribution in [-0.4, -0.2) is 31.0 Å². The maximum Gasteiger partial charge on any atom is 0.254 e. The highest BCUT2D eigenvalue weighted by molar-refractivity contribution is 6.30. The third kappa shape index (κ3) is 4.21. The summed E-state index contributed by atoms with van der Waals surface area (Å²) in [6, 6.07) is 11.3. The van der Waals surface area contributed by atoms with E-state index in [4.69, 9.17) is 16.3 Å². The van der Waals surface area contributed by atoms with Crippen LogP contribution in [0.4, 0.5) is 4.39 Å². The fraction of sp³-hybridized carbons (Fsp3) is 0.235. The number of hydrogen-bond donors (Lipinski definition) is 0. The Morgan fingerprint density at radius 2 is 2.05 bits per heavy atom. The fourth-order valence-electron chi connectivity index (χ4n) is 1.99. The molecule has 0 saturated carbocycles. The summed E-state index contributed by atoms with van der Waals surface area (Å²) in [5.74, 6) is -0.000457. The van der Waals surface area contributed by atoms with E-state index < -0.39 is 5.82 Å². The summed E-state index contributed by atoms with van der Waals surface area (Å²) >= 11 is 5.87. The first-order chi connectivity index (χ1) is 10.5. The smallest absolute Gasteiger partial charge is 0.254 e. The predicted octanol–water partition coefficient (Wildman–Crippen LogP) is 3.94. The number of benzene rings is 2. The quantitative estimate of drug-likeness (QED) is 0.835. The largest absolute Gasteiger partial charge is 0.492 e. The van der Waals surface area contributed by atoms with Gasteiger partial charge < -0.3 is 9.64 Å². The van der Waals surface area contributed by atoms with Gasteiger partial charge in [0.25, 0.3) is 5.91 Å². The monoisotopic (exact) mass is 321 g/mol. The Kier molecular flexibility index (Phi) is 5.39. The molecule has 2 rings (SSSR count). The number of nitrogens with zero attached hydrogens (tertiary/aromatic N) is 1. The number of amides is 1. The lowest BCUT2D eigenvalue weighted by molar-refractivity contribution is 0.0772. The van der Waals surface area contributed by atoms with Gasteiger partial charge in [-0.05, 0) is 42.8 Å². The van der Waals surface area contributed by atoms with E-state index >= 15 is 0 Å². The van der Waals surface area contributed by atoms with Crippen molar-refractivity contribution in [3.63, 3.8) is 0 Å². The number of hydrogen-bond acceptors (Lipinski definition) is 2. The van der Waals surface area contributed by atoms with E-state index in [1.807, 2.05) is 0 Å². The van der Waals surface area contributed by atoms with Crippen molar-refractivity contribution in [2.24, 2.45) is 0 Å². The topological polar surface area (TPSA) is 29.5 Å². The van der Waals surface area contributed by atoms with Crippen LogP contribution in [0.1, 0.15) is 15.9 Å². The van der Waals surface area contributed by atoms with Gasteiger partial charge in [0.2, 0.25) is 0 Å². The molecule has 1 amide bonds. The van der Waals surface area contributed by atoms with Crippen LogP contribution in [0.15, 0.2) is 42.5 Å². The van der Waals surface area contributed by atoms with Crippen molar-refractivity contribution in [1.82, 2.24) is 4.90 Å². The summed E-state index contributed by atoms with van der Waals surface area (Å²) in [7, 11) is 1.66. The predicted molar refractivity (Wildman–Crippen MR) is 85.0 cm³/mol. The Bertz CT molecular complexity index is 675. The first kappa shape index (κ1) is 16.3. The standard InChI is InChI=1S/C17H17ClFNO2/c1-12-6-7-14(19)11-16(12)17(21)20(2)8-9-22-15-5-3-4-13(18)10-15/h3-7,10-11H,8-9H2,1-2H3. The summed E-state index contributed by atoms with van der Waals surface area (Å²) in [6.07, 6.45) is 0. The van der Waals surface area contributed by atoms with Crippen molar-refractivity contribution in [3.8, 4) is 5.75 Å². The van der Waals surface area contributed by atoms with Gasteiger partial charge in [-0.3, -0.25) is 4.79 Å². The normalized spacial score (nSPS) is 10.4. The molecule has 0 aliphatic rings. The molecule has 22 heavy (non-hydrogen) atoms. The van der Waals surface area contributed by atoms with Crippen LogP contribution >= 0.6 is 11.6 Å². The number of carbonyl (C=O) groups excluding carboxylic acids is 1.